The molecule has 0 aliphatic heterocycles. The van der Waals surface area contributed by atoms with E-state index in [0.717, 1.165) is 6.07 Å². The molecule has 2 amide bonds. The fourth-order valence-electron chi connectivity index (χ4n) is 1.98. The van der Waals surface area contributed by atoms with E-state index >= 15 is 0 Å². The van der Waals surface area contributed by atoms with Crippen molar-refractivity contribution in [2.75, 3.05) is 25.0 Å². The number of pyridine rings is 1. The number of hydrogen-bond donors (Lipinski definition) is 3. The predicted octanol–water partition coefficient (Wildman–Crippen LogP) is 3.30. The number of halogens is 5. The third-order valence-electron chi connectivity index (χ3n) is 3.38. The second kappa shape index (κ2) is 10.3. The standard InChI is InChI=1S/C17H15Cl2F3N4O3/c18-12-3-1-10(2-4-12)16(28)26-29-9-14(27)23-5-6-24-15-13(19)7-11(8-25-15)17(20,21)22/h1-4,7-8H,5-6,9H2,(H,23,27)(H,24,25)(H,26,28). The van der Waals surface area contributed by atoms with Gasteiger partial charge in [0.1, 0.15) is 5.82 Å². The molecule has 0 aliphatic carbocycles. The summed E-state index contributed by atoms with van der Waals surface area (Å²) in [4.78, 5) is 31.8. The van der Waals surface area contributed by atoms with E-state index in [1.54, 1.807) is 0 Å². The molecular weight excluding hydrogens is 436 g/mol. The normalized spacial score (nSPS) is 11.1. The lowest BCUT2D eigenvalue weighted by Crippen LogP contribution is -2.35. The quantitative estimate of drug-likeness (QED) is 0.423. The van der Waals surface area contributed by atoms with Gasteiger partial charge in [-0.1, -0.05) is 23.2 Å². The number of rotatable bonds is 8. The maximum absolute atomic E-state index is 12.5. The van der Waals surface area contributed by atoms with Crippen molar-refractivity contribution >= 4 is 40.8 Å². The van der Waals surface area contributed by atoms with Gasteiger partial charge in [-0.25, -0.2) is 10.5 Å². The van der Waals surface area contributed by atoms with E-state index in [1.165, 1.54) is 24.3 Å². The fourth-order valence-corrected chi connectivity index (χ4v) is 2.34. The molecule has 7 nitrogen and oxygen atoms in total. The molecule has 0 fully saturated rings. The lowest BCUT2D eigenvalue weighted by atomic mass is 10.2. The van der Waals surface area contributed by atoms with Crippen LogP contribution in [-0.2, 0) is 15.8 Å². The van der Waals surface area contributed by atoms with Crippen molar-refractivity contribution in [1.82, 2.24) is 15.8 Å². The smallest absolute Gasteiger partial charge is 0.367 e. The summed E-state index contributed by atoms with van der Waals surface area (Å²) >= 11 is 11.5. The highest BCUT2D eigenvalue weighted by Crippen LogP contribution is 2.32. The second-order valence-corrected chi connectivity index (χ2v) is 6.40. The Labute approximate surface area is 173 Å². The topological polar surface area (TPSA) is 92.3 Å². The van der Waals surface area contributed by atoms with Crippen molar-refractivity contribution in [3.05, 3.63) is 57.7 Å². The van der Waals surface area contributed by atoms with Crippen LogP contribution in [0.5, 0.6) is 0 Å². The number of carbonyl (C=O) groups is 2. The number of nitrogens with one attached hydrogen (secondary N) is 3. The Hall–Kier alpha value is -2.56. The highest BCUT2D eigenvalue weighted by molar-refractivity contribution is 6.33. The number of nitrogens with zero attached hydrogens (tertiary/aromatic N) is 1. The fraction of sp³-hybridized carbons (Fsp3) is 0.235. The van der Waals surface area contributed by atoms with Crippen LogP contribution in [0, 0.1) is 0 Å². The Morgan fingerprint density at radius 1 is 1.10 bits per heavy atom. The molecule has 1 aromatic heterocycles. The first kappa shape index (κ1) is 22.7. The lowest BCUT2D eigenvalue weighted by molar-refractivity contribution is -0.137. The molecule has 12 heteroatoms. The maximum atomic E-state index is 12.5. The van der Waals surface area contributed by atoms with Crippen molar-refractivity contribution in [1.29, 1.82) is 0 Å². The van der Waals surface area contributed by atoms with Gasteiger partial charge >= 0.3 is 6.18 Å². The van der Waals surface area contributed by atoms with Gasteiger partial charge in [-0.2, -0.15) is 13.2 Å². The van der Waals surface area contributed by atoms with Gasteiger partial charge in [0.25, 0.3) is 5.91 Å². The Bertz CT molecular complexity index is 864. The van der Waals surface area contributed by atoms with Gasteiger partial charge < -0.3 is 10.6 Å². The summed E-state index contributed by atoms with van der Waals surface area (Å²) in [5.41, 5.74) is 1.46. The number of anilines is 1. The summed E-state index contributed by atoms with van der Waals surface area (Å²) in [5, 5.41) is 5.46. The first-order valence-corrected chi connectivity index (χ1v) is 8.83. The summed E-state index contributed by atoms with van der Waals surface area (Å²) in [5.74, 6) is -1.01. The molecule has 0 unspecified atom stereocenters. The van der Waals surface area contributed by atoms with Crippen LogP contribution in [0.2, 0.25) is 10.0 Å². The van der Waals surface area contributed by atoms with Crippen LogP contribution in [0.3, 0.4) is 0 Å². The van der Waals surface area contributed by atoms with Crippen LogP contribution in [-0.4, -0.2) is 36.5 Å². The van der Waals surface area contributed by atoms with Crippen LogP contribution in [0.1, 0.15) is 15.9 Å². The molecule has 2 rings (SSSR count). The van der Waals surface area contributed by atoms with E-state index in [2.05, 4.69) is 21.1 Å². The van der Waals surface area contributed by atoms with Crippen molar-refractivity contribution < 1.29 is 27.6 Å². The van der Waals surface area contributed by atoms with Crippen LogP contribution in [0.4, 0.5) is 19.0 Å². The molecule has 0 spiro atoms. The zero-order chi connectivity index (χ0) is 21.4. The van der Waals surface area contributed by atoms with Gasteiger partial charge in [0, 0.05) is 29.9 Å². The van der Waals surface area contributed by atoms with Crippen LogP contribution in [0.15, 0.2) is 36.5 Å². The number of hydroxylamine groups is 1. The Morgan fingerprint density at radius 3 is 2.41 bits per heavy atom. The molecule has 3 N–H and O–H groups in total. The monoisotopic (exact) mass is 450 g/mol. The average Bonchev–Trinajstić information content (AvgIpc) is 2.66. The summed E-state index contributed by atoms with van der Waals surface area (Å²) in [7, 11) is 0. The van der Waals surface area contributed by atoms with E-state index in [1.807, 2.05) is 0 Å². The zero-order valence-electron chi connectivity index (χ0n) is 14.6. The number of amides is 2. The highest BCUT2D eigenvalue weighted by atomic mass is 35.5. The third-order valence-corrected chi connectivity index (χ3v) is 3.92. The van der Waals surface area contributed by atoms with Crippen LogP contribution >= 0.6 is 23.2 Å². The number of benzene rings is 1. The summed E-state index contributed by atoms with van der Waals surface area (Å²) in [6, 6.07) is 6.81. The molecule has 1 aromatic carbocycles. The minimum Gasteiger partial charge on any atom is -0.367 e. The Kier molecular flexibility index (Phi) is 8.06. The summed E-state index contributed by atoms with van der Waals surface area (Å²) < 4.78 is 37.6. The molecule has 2 aromatic rings. The van der Waals surface area contributed by atoms with E-state index < -0.39 is 30.2 Å². The van der Waals surface area contributed by atoms with Gasteiger partial charge in [0.2, 0.25) is 5.91 Å². The molecule has 0 aliphatic rings. The van der Waals surface area contributed by atoms with Crippen LogP contribution in [0.25, 0.3) is 0 Å². The van der Waals surface area contributed by atoms with E-state index in [-0.39, 0.29) is 23.9 Å². The zero-order valence-corrected chi connectivity index (χ0v) is 16.2. The Morgan fingerprint density at radius 2 is 1.79 bits per heavy atom. The van der Waals surface area contributed by atoms with Gasteiger partial charge in [-0.3, -0.25) is 14.4 Å². The number of carbonyl (C=O) groups excluding carboxylic acids is 2. The minimum absolute atomic E-state index is 0.0559. The van der Waals surface area contributed by atoms with Gasteiger partial charge in [0.05, 0.1) is 10.6 Å². The molecule has 0 bridgehead atoms. The molecule has 0 saturated heterocycles. The molecule has 29 heavy (non-hydrogen) atoms. The van der Waals surface area contributed by atoms with Crippen molar-refractivity contribution in [2.45, 2.75) is 6.18 Å². The third kappa shape index (κ3) is 7.41. The lowest BCUT2D eigenvalue weighted by Gasteiger charge is -2.11. The SMILES string of the molecule is O=C(CONC(=O)c1ccc(Cl)cc1)NCCNc1ncc(C(F)(F)F)cc1Cl. The van der Waals surface area contributed by atoms with Gasteiger partial charge in [0.15, 0.2) is 6.61 Å². The summed E-state index contributed by atoms with van der Waals surface area (Å²) in [6.45, 7) is -0.161. The highest BCUT2D eigenvalue weighted by Gasteiger charge is 2.31. The first-order valence-electron chi connectivity index (χ1n) is 8.08. The van der Waals surface area contributed by atoms with E-state index in [0.29, 0.717) is 16.8 Å². The van der Waals surface area contributed by atoms with Gasteiger partial charge in [-0.05, 0) is 30.3 Å². The van der Waals surface area contributed by atoms with Crippen molar-refractivity contribution in [3.63, 3.8) is 0 Å². The largest absolute Gasteiger partial charge is 0.417 e. The molecule has 0 saturated carbocycles. The Balaban J connectivity index is 1.66. The molecular formula is C17H15Cl2F3N4O3. The van der Waals surface area contributed by atoms with Crippen LogP contribution < -0.4 is 16.1 Å². The summed E-state index contributed by atoms with van der Waals surface area (Å²) in [6.07, 6.45) is -3.88. The maximum Gasteiger partial charge on any atom is 0.417 e. The number of hydrogen-bond acceptors (Lipinski definition) is 5. The minimum atomic E-state index is -4.54. The molecule has 0 radical (unpaired) electrons. The van der Waals surface area contributed by atoms with Crippen molar-refractivity contribution in [3.8, 4) is 0 Å². The predicted molar refractivity (Wildman–Crippen MR) is 101 cm³/mol. The molecule has 156 valence electrons. The van der Waals surface area contributed by atoms with Crippen molar-refractivity contribution in [2.24, 2.45) is 0 Å². The molecule has 1 heterocycles. The first-order chi connectivity index (χ1) is 13.7. The average molecular weight is 451 g/mol. The molecule has 0 atom stereocenters. The van der Waals surface area contributed by atoms with Gasteiger partial charge in [-0.15, -0.1) is 0 Å². The number of alkyl halides is 3. The second-order valence-electron chi connectivity index (χ2n) is 5.56. The number of aromatic nitrogens is 1. The van der Waals surface area contributed by atoms with E-state index in [4.69, 9.17) is 28.0 Å². The van der Waals surface area contributed by atoms with E-state index in [9.17, 15) is 22.8 Å².